The number of rotatable bonds is 3. The number of anilines is 1. The quantitative estimate of drug-likeness (QED) is 0.566. The second kappa shape index (κ2) is 4.69. The van der Waals surface area contributed by atoms with Crippen LogP contribution in [0.4, 0.5) is 5.69 Å². The van der Waals surface area contributed by atoms with Crippen molar-refractivity contribution in [2.24, 2.45) is 0 Å². The standard InChI is InChI=1S/C13H13N5O2/c1-7-10(16-6-15-7)5-14-9-4-2-3-8-11(9)13(20)18-17-12(8)19/h2-4,6,14H,5H2,1H3,(H,15,16)(H,17,19)(H,18,20). The van der Waals surface area contributed by atoms with Crippen LogP contribution in [-0.2, 0) is 6.54 Å². The zero-order valence-electron chi connectivity index (χ0n) is 10.8. The van der Waals surface area contributed by atoms with Crippen molar-refractivity contribution in [3.63, 3.8) is 0 Å². The lowest BCUT2D eigenvalue weighted by Gasteiger charge is -2.07. The monoisotopic (exact) mass is 271 g/mol. The van der Waals surface area contributed by atoms with Gasteiger partial charge in [-0.3, -0.25) is 19.8 Å². The van der Waals surface area contributed by atoms with E-state index >= 15 is 0 Å². The molecule has 1 aromatic carbocycles. The number of aryl methyl sites for hydroxylation is 1. The molecular weight excluding hydrogens is 258 g/mol. The molecule has 0 atom stereocenters. The number of aromatic nitrogens is 4. The van der Waals surface area contributed by atoms with Crippen LogP contribution in [0.5, 0.6) is 0 Å². The smallest absolute Gasteiger partial charge is 0.272 e. The SMILES string of the molecule is Cc1[nH]cnc1CNc1cccc2c(=O)[nH][nH]c(=O)c12. The molecule has 20 heavy (non-hydrogen) atoms. The van der Waals surface area contributed by atoms with Crippen LogP contribution in [-0.4, -0.2) is 20.2 Å². The van der Waals surface area contributed by atoms with Gasteiger partial charge in [0.2, 0.25) is 0 Å². The minimum atomic E-state index is -0.332. The zero-order chi connectivity index (χ0) is 14.1. The number of nitrogens with one attached hydrogen (secondary N) is 4. The second-order valence-electron chi connectivity index (χ2n) is 4.46. The van der Waals surface area contributed by atoms with Crippen molar-refractivity contribution in [2.75, 3.05) is 5.32 Å². The number of aromatic amines is 3. The van der Waals surface area contributed by atoms with E-state index in [4.69, 9.17) is 0 Å². The van der Waals surface area contributed by atoms with Crippen LogP contribution in [0.25, 0.3) is 10.8 Å². The van der Waals surface area contributed by atoms with Crippen molar-refractivity contribution in [2.45, 2.75) is 13.5 Å². The molecule has 0 saturated carbocycles. The molecule has 0 fully saturated rings. The number of imidazole rings is 1. The van der Waals surface area contributed by atoms with Gasteiger partial charge in [-0.05, 0) is 19.1 Å². The second-order valence-corrected chi connectivity index (χ2v) is 4.46. The van der Waals surface area contributed by atoms with Crippen molar-refractivity contribution in [3.8, 4) is 0 Å². The molecule has 4 N–H and O–H groups in total. The number of hydrogen-bond donors (Lipinski definition) is 4. The first-order chi connectivity index (χ1) is 9.66. The molecule has 0 spiro atoms. The highest BCUT2D eigenvalue weighted by molar-refractivity contribution is 5.92. The van der Waals surface area contributed by atoms with Gasteiger partial charge in [0.15, 0.2) is 0 Å². The molecule has 3 aromatic rings. The maximum Gasteiger partial charge on any atom is 0.272 e. The molecule has 0 aliphatic heterocycles. The van der Waals surface area contributed by atoms with E-state index in [0.29, 0.717) is 23.0 Å². The number of fused-ring (bicyclic) bond motifs is 1. The van der Waals surface area contributed by atoms with Gasteiger partial charge in [-0.15, -0.1) is 0 Å². The molecule has 3 rings (SSSR count). The molecule has 0 aliphatic carbocycles. The van der Waals surface area contributed by atoms with E-state index in [2.05, 4.69) is 25.5 Å². The van der Waals surface area contributed by atoms with Crippen molar-refractivity contribution in [1.82, 2.24) is 20.2 Å². The van der Waals surface area contributed by atoms with Gasteiger partial charge in [0.05, 0.1) is 29.3 Å². The van der Waals surface area contributed by atoms with Gasteiger partial charge in [-0.25, -0.2) is 4.98 Å². The summed E-state index contributed by atoms with van der Waals surface area (Å²) in [5.74, 6) is 0. The third-order valence-electron chi connectivity index (χ3n) is 3.21. The molecule has 102 valence electrons. The van der Waals surface area contributed by atoms with E-state index < -0.39 is 0 Å². The average molecular weight is 271 g/mol. The molecule has 7 nitrogen and oxygen atoms in total. The van der Waals surface area contributed by atoms with Crippen molar-refractivity contribution < 1.29 is 0 Å². The van der Waals surface area contributed by atoms with Gasteiger partial charge in [0, 0.05) is 11.4 Å². The molecule has 7 heteroatoms. The van der Waals surface area contributed by atoms with Crippen LogP contribution in [0.3, 0.4) is 0 Å². The fourth-order valence-electron chi connectivity index (χ4n) is 2.12. The highest BCUT2D eigenvalue weighted by Gasteiger charge is 2.08. The lowest BCUT2D eigenvalue weighted by Crippen LogP contribution is -2.20. The Kier molecular flexibility index (Phi) is 2.86. The molecule has 0 radical (unpaired) electrons. The lowest BCUT2D eigenvalue weighted by atomic mass is 10.1. The van der Waals surface area contributed by atoms with Crippen LogP contribution >= 0.6 is 0 Å². The predicted octanol–water partition coefficient (Wildman–Crippen LogP) is 0.860. The van der Waals surface area contributed by atoms with E-state index in [1.807, 2.05) is 6.92 Å². The van der Waals surface area contributed by atoms with Crippen LogP contribution in [0.15, 0.2) is 34.1 Å². The van der Waals surface area contributed by atoms with Gasteiger partial charge in [0.1, 0.15) is 0 Å². The Bertz CT molecular complexity index is 874. The Balaban J connectivity index is 2.04. The fraction of sp³-hybridized carbons (Fsp3) is 0.154. The summed E-state index contributed by atoms with van der Waals surface area (Å²) in [4.78, 5) is 30.8. The van der Waals surface area contributed by atoms with Crippen LogP contribution in [0, 0.1) is 6.92 Å². The maximum atomic E-state index is 11.9. The first-order valence-corrected chi connectivity index (χ1v) is 6.13. The fourth-order valence-corrected chi connectivity index (χ4v) is 2.12. The summed E-state index contributed by atoms with van der Waals surface area (Å²) in [6.07, 6.45) is 1.62. The third kappa shape index (κ3) is 1.99. The zero-order valence-corrected chi connectivity index (χ0v) is 10.8. The topological polar surface area (TPSA) is 106 Å². The Morgan fingerprint density at radius 2 is 2.00 bits per heavy atom. The van der Waals surface area contributed by atoms with Crippen LogP contribution in [0.1, 0.15) is 11.4 Å². The summed E-state index contributed by atoms with van der Waals surface area (Å²) in [5.41, 5.74) is 1.78. The molecule has 2 heterocycles. The largest absolute Gasteiger partial charge is 0.379 e. The normalized spacial score (nSPS) is 10.8. The highest BCUT2D eigenvalue weighted by atomic mass is 16.1. The highest BCUT2D eigenvalue weighted by Crippen LogP contribution is 2.17. The van der Waals surface area contributed by atoms with Crippen LogP contribution < -0.4 is 16.4 Å². The van der Waals surface area contributed by atoms with Crippen molar-refractivity contribution >= 4 is 16.5 Å². The summed E-state index contributed by atoms with van der Waals surface area (Å²) in [6, 6.07) is 5.12. The number of H-pyrrole nitrogens is 3. The van der Waals surface area contributed by atoms with Gasteiger partial charge >= 0.3 is 0 Å². The first-order valence-electron chi connectivity index (χ1n) is 6.13. The van der Waals surface area contributed by atoms with Crippen molar-refractivity contribution in [3.05, 3.63) is 56.6 Å². The molecule has 0 bridgehead atoms. The number of hydrogen-bond acceptors (Lipinski definition) is 4. The summed E-state index contributed by atoms with van der Waals surface area (Å²) >= 11 is 0. The number of benzene rings is 1. The minimum Gasteiger partial charge on any atom is -0.379 e. The van der Waals surface area contributed by atoms with Gasteiger partial charge in [0.25, 0.3) is 11.1 Å². The van der Waals surface area contributed by atoms with Crippen molar-refractivity contribution in [1.29, 1.82) is 0 Å². The summed E-state index contributed by atoms with van der Waals surface area (Å²) in [7, 11) is 0. The predicted molar refractivity (Wildman–Crippen MR) is 75.8 cm³/mol. The molecule has 0 saturated heterocycles. The first kappa shape index (κ1) is 12.2. The average Bonchev–Trinajstić information content (AvgIpc) is 2.86. The molecule has 0 amide bonds. The van der Waals surface area contributed by atoms with Gasteiger partial charge < -0.3 is 10.3 Å². The lowest BCUT2D eigenvalue weighted by molar-refractivity contribution is 0.975. The molecule has 2 aromatic heterocycles. The third-order valence-corrected chi connectivity index (χ3v) is 3.21. The van der Waals surface area contributed by atoms with Gasteiger partial charge in [-0.1, -0.05) is 6.07 Å². The Hall–Kier alpha value is -2.83. The van der Waals surface area contributed by atoms with Crippen LogP contribution in [0.2, 0.25) is 0 Å². The summed E-state index contributed by atoms with van der Waals surface area (Å²) in [6.45, 7) is 2.39. The molecule has 0 aliphatic rings. The Morgan fingerprint density at radius 3 is 2.75 bits per heavy atom. The molecule has 0 unspecified atom stereocenters. The molecular formula is C13H13N5O2. The maximum absolute atomic E-state index is 11.9. The van der Waals surface area contributed by atoms with E-state index in [-0.39, 0.29) is 11.1 Å². The Labute approximate surface area is 113 Å². The minimum absolute atomic E-state index is 0.320. The van der Waals surface area contributed by atoms with E-state index in [1.54, 1.807) is 24.5 Å². The van der Waals surface area contributed by atoms with E-state index in [0.717, 1.165) is 11.4 Å². The Morgan fingerprint density at radius 1 is 1.20 bits per heavy atom. The van der Waals surface area contributed by atoms with E-state index in [9.17, 15) is 9.59 Å². The van der Waals surface area contributed by atoms with Gasteiger partial charge in [-0.2, -0.15) is 0 Å². The summed E-state index contributed by atoms with van der Waals surface area (Å²) < 4.78 is 0. The van der Waals surface area contributed by atoms with E-state index in [1.165, 1.54) is 0 Å². The number of nitrogens with zero attached hydrogens (tertiary/aromatic N) is 1. The summed E-state index contributed by atoms with van der Waals surface area (Å²) in [5, 5.41) is 8.50.